The minimum atomic E-state index is -0.361. The van der Waals surface area contributed by atoms with Gasteiger partial charge in [0.25, 0.3) is 0 Å². The molecule has 120 valence electrons. The first-order valence-corrected chi connectivity index (χ1v) is 7.69. The zero-order valence-corrected chi connectivity index (χ0v) is 13.7. The second-order valence-electron chi connectivity index (χ2n) is 6.19. The fourth-order valence-corrected chi connectivity index (χ4v) is 2.32. The van der Waals surface area contributed by atoms with Gasteiger partial charge in [0, 0.05) is 0 Å². The number of nitrogens with one attached hydrogen (secondary N) is 1. The third kappa shape index (κ3) is 3.78. The highest BCUT2D eigenvalue weighted by atomic mass is 16.5. The summed E-state index contributed by atoms with van der Waals surface area (Å²) in [5.74, 6) is 0.0108. The van der Waals surface area contributed by atoms with Crippen molar-refractivity contribution in [1.29, 1.82) is 0 Å². The van der Waals surface area contributed by atoms with Gasteiger partial charge in [0.05, 0.1) is 24.5 Å². The average molecular weight is 304 g/mol. The van der Waals surface area contributed by atoms with Gasteiger partial charge in [-0.05, 0) is 49.4 Å². The Labute approximate surface area is 131 Å². The van der Waals surface area contributed by atoms with E-state index < -0.39 is 0 Å². The van der Waals surface area contributed by atoms with E-state index in [1.807, 2.05) is 26.0 Å². The van der Waals surface area contributed by atoms with Crippen LogP contribution in [-0.4, -0.2) is 31.6 Å². The van der Waals surface area contributed by atoms with Gasteiger partial charge in [0.15, 0.2) is 0 Å². The topological polar surface area (TPSA) is 58.6 Å². The SMILES string of the molecule is Cc1cc2c(cc1C)N(CC(=O)OCCC(C)C)C(=O)CN2. The monoisotopic (exact) mass is 304 g/mol. The minimum Gasteiger partial charge on any atom is -0.464 e. The highest BCUT2D eigenvalue weighted by molar-refractivity contribution is 6.05. The lowest BCUT2D eigenvalue weighted by molar-refractivity contribution is -0.143. The number of aryl methyl sites for hydroxylation is 2. The Hall–Kier alpha value is -2.04. The van der Waals surface area contributed by atoms with E-state index in [9.17, 15) is 9.59 Å². The summed E-state index contributed by atoms with van der Waals surface area (Å²) < 4.78 is 5.22. The van der Waals surface area contributed by atoms with Crippen molar-refractivity contribution in [3.8, 4) is 0 Å². The van der Waals surface area contributed by atoms with Crippen LogP contribution in [0.3, 0.4) is 0 Å². The number of ether oxygens (including phenoxy) is 1. The van der Waals surface area contributed by atoms with E-state index in [4.69, 9.17) is 4.74 Å². The van der Waals surface area contributed by atoms with Crippen LogP contribution in [0.25, 0.3) is 0 Å². The molecule has 0 aliphatic carbocycles. The summed E-state index contributed by atoms with van der Waals surface area (Å²) in [5.41, 5.74) is 3.88. The molecule has 2 rings (SSSR count). The maximum absolute atomic E-state index is 12.1. The second kappa shape index (κ2) is 6.81. The van der Waals surface area contributed by atoms with Crippen LogP contribution in [-0.2, 0) is 14.3 Å². The van der Waals surface area contributed by atoms with Crippen LogP contribution in [0.1, 0.15) is 31.4 Å². The van der Waals surface area contributed by atoms with E-state index in [1.54, 1.807) is 0 Å². The number of fused-ring (bicyclic) bond motifs is 1. The quantitative estimate of drug-likeness (QED) is 0.850. The lowest BCUT2D eigenvalue weighted by Crippen LogP contribution is -2.43. The standard InChI is InChI=1S/C17H24N2O3/c1-11(2)5-6-22-17(21)10-19-15-8-13(4)12(3)7-14(15)18-9-16(19)20/h7-8,11,18H,5-6,9-10H2,1-4H3. The molecule has 5 nitrogen and oxygen atoms in total. The number of nitrogens with zero attached hydrogens (tertiary/aromatic N) is 1. The molecule has 0 bridgehead atoms. The molecule has 0 unspecified atom stereocenters. The molecule has 22 heavy (non-hydrogen) atoms. The molecule has 0 aromatic heterocycles. The van der Waals surface area contributed by atoms with Crippen LogP contribution in [0, 0.1) is 19.8 Å². The van der Waals surface area contributed by atoms with Gasteiger partial charge < -0.3 is 10.1 Å². The Balaban J connectivity index is 2.09. The average Bonchev–Trinajstić information content (AvgIpc) is 2.44. The summed E-state index contributed by atoms with van der Waals surface area (Å²) >= 11 is 0. The number of amides is 1. The van der Waals surface area contributed by atoms with E-state index in [0.717, 1.165) is 28.9 Å². The first kappa shape index (κ1) is 16.3. The van der Waals surface area contributed by atoms with Gasteiger partial charge in [-0.2, -0.15) is 0 Å². The van der Waals surface area contributed by atoms with Crippen molar-refractivity contribution in [3.63, 3.8) is 0 Å². The number of hydrogen-bond donors (Lipinski definition) is 1. The predicted octanol–water partition coefficient (Wildman–Crippen LogP) is 2.65. The van der Waals surface area contributed by atoms with Crippen molar-refractivity contribution in [1.82, 2.24) is 0 Å². The van der Waals surface area contributed by atoms with Crippen molar-refractivity contribution in [3.05, 3.63) is 23.3 Å². The van der Waals surface area contributed by atoms with Crippen LogP contribution in [0.4, 0.5) is 11.4 Å². The summed E-state index contributed by atoms with van der Waals surface area (Å²) in [6.07, 6.45) is 0.829. The summed E-state index contributed by atoms with van der Waals surface area (Å²) in [7, 11) is 0. The van der Waals surface area contributed by atoms with Crippen molar-refractivity contribution in [2.75, 3.05) is 29.9 Å². The zero-order chi connectivity index (χ0) is 16.3. The minimum absolute atomic E-state index is 0.0336. The largest absolute Gasteiger partial charge is 0.464 e. The third-order valence-corrected chi connectivity index (χ3v) is 3.88. The summed E-state index contributed by atoms with van der Waals surface area (Å²) in [5, 5.41) is 3.10. The Bertz CT molecular complexity index is 582. The molecule has 0 atom stereocenters. The fraction of sp³-hybridized carbons (Fsp3) is 0.529. The molecular weight excluding hydrogens is 280 g/mol. The molecule has 5 heteroatoms. The first-order chi connectivity index (χ1) is 10.4. The number of carbonyl (C=O) groups excluding carboxylic acids is 2. The summed E-state index contributed by atoms with van der Waals surface area (Å²) in [4.78, 5) is 25.6. The normalized spacial score (nSPS) is 13.9. The van der Waals surface area contributed by atoms with E-state index in [1.165, 1.54) is 4.90 Å². The van der Waals surface area contributed by atoms with E-state index in [2.05, 4.69) is 19.2 Å². The number of rotatable bonds is 5. The van der Waals surface area contributed by atoms with Crippen LogP contribution in [0.2, 0.25) is 0 Å². The van der Waals surface area contributed by atoms with Gasteiger partial charge in [-0.15, -0.1) is 0 Å². The smallest absolute Gasteiger partial charge is 0.326 e. The second-order valence-corrected chi connectivity index (χ2v) is 6.19. The molecule has 1 aliphatic heterocycles. The lowest BCUT2D eigenvalue weighted by Gasteiger charge is -2.30. The number of hydrogen-bond acceptors (Lipinski definition) is 4. The maximum atomic E-state index is 12.1. The lowest BCUT2D eigenvalue weighted by atomic mass is 10.1. The van der Waals surface area contributed by atoms with Crippen LogP contribution in [0.5, 0.6) is 0 Å². The molecule has 0 spiro atoms. The Kier molecular flexibility index (Phi) is 5.06. The predicted molar refractivity (Wildman–Crippen MR) is 87.2 cm³/mol. The molecule has 1 amide bonds. The van der Waals surface area contributed by atoms with Gasteiger partial charge in [0.2, 0.25) is 5.91 Å². The van der Waals surface area contributed by atoms with Gasteiger partial charge in [-0.3, -0.25) is 14.5 Å². The number of benzene rings is 1. The molecule has 0 saturated carbocycles. The van der Waals surface area contributed by atoms with E-state index in [0.29, 0.717) is 12.5 Å². The molecule has 0 fully saturated rings. The number of esters is 1. The van der Waals surface area contributed by atoms with Gasteiger partial charge in [-0.1, -0.05) is 13.8 Å². The first-order valence-electron chi connectivity index (χ1n) is 7.69. The highest BCUT2D eigenvalue weighted by Crippen LogP contribution is 2.32. The van der Waals surface area contributed by atoms with Crippen LogP contribution < -0.4 is 10.2 Å². The number of carbonyl (C=O) groups is 2. The zero-order valence-electron chi connectivity index (χ0n) is 13.7. The maximum Gasteiger partial charge on any atom is 0.326 e. The summed E-state index contributed by atoms with van der Waals surface area (Å²) in [6, 6.07) is 3.95. The van der Waals surface area contributed by atoms with Crippen molar-refractivity contribution >= 4 is 23.3 Å². The summed E-state index contributed by atoms with van der Waals surface area (Å²) in [6.45, 7) is 8.75. The van der Waals surface area contributed by atoms with Crippen molar-refractivity contribution in [2.45, 2.75) is 34.1 Å². The molecular formula is C17H24N2O3. The molecule has 1 N–H and O–H groups in total. The Morgan fingerprint density at radius 2 is 2.00 bits per heavy atom. The molecule has 1 aromatic rings. The van der Waals surface area contributed by atoms with Crippen LogP contribution >= 0.6 is 0 Å². The molecule has 1 heterocycles. The van der Waals surface area contributed by atoms with Crippen LogP contribution in [0.15, 0.2) is 12.1 Å². The molecule has 0 radical (unpaired) electrons. The van der Waals surface area contributed by atoms with Gasteiger partial charge >= 0.3 is 5.97 Å². The van der Waals surface area contributed by atoms with E-state index >= 15 is 0 Å². The van der Waals surface area contributed by atoms with E-state index in [-0.39, 0.29) is 25.0 Å². The van der Waals surface area contributed by atoms with Gasteiger partial charge in [-0.25, -0.2) is 0 Å². The Morgan fingerprint density at radius 3 is 2.68 bits per heavy atom. The Morgan fingerprint density at radius 1 is 1.32 bits per heavy atom. The van der Waals surface area contributed by atoms with Crippen molar-refractivity contribution < 1.29 is 14.3 Å². The third-order valence-electron chi connectivity index (χ3n) is 3.88. The fourth-order valence-electron chi connectivity index (χ4n) is 2.32. The highest BCUT2D eigenvalue weighted by Gasteiger charge is 2.26. The number of anilines is 2. The molecule has 1 aromatic carbocycles. The molecule has 1 aliphatic rings. The molecule has 0 saturated heterocycles. The van der Waals surface area contributed by atoms with Crippen molar-refractivity contribution in [2.24, 2.45) is 5.92 Å². The van der Waals surface area contributed by atoms with Gasteiger partial charge in [0.1, 0.15) is 6.54 Å².